The van der Waals surface area contributed by atoms with E-state index in [2.05, 4.69) is 11.2 Å². The van der Waals surface area contributed by atoms with Crippen LogP contribution in [0.25, 0.3) is 0 Å². The summed E-state index contributed by atoms with van der Waals surface area (Å²) in [6, 6.07) is 3.89. The largest absolute Gasteiger partial charge is 0.496 e. The summed E-state index contributed by atoms with van der Waals surface area (Å²) in [5.74, 6) is 2.39. The van der Waals surface area contributed by atoms with E-state index in [1.807, 2.05) is 0 Å². The topological polar surface area (TPSA) is 81.5 Å². The van der Waals surface area contributed by atoms with Gasteiger partial charge in [-0.25, -0.2) is 0 Å². The zero-order valence-corrected chi connectivity index (χ0v) is 11.2. The van der Waals surface area contributed by atoms with Gasteiger partial charge in [0.25, 0.3) is 11.6 Å². The Kier molecular flexibility index (Phi) is 6.04. The summed E-state index contributed by atoms with van der Waals surface area (Å²) in [6.45, 7) is 0.501. The average molecular weight is 276 g/mol. The average Bonchev–Trinajstić information content (AvgIpc) is 2.46. The monoisotopic (exact) mass is 276 g/mol. The third-order valence-corrected chi connectivity index (χ3v) is 2.67. The molecule has 0 radical (unpaired) electrons. The van der Waals surface area contributed by atoms with E-state index in [0.717, 1.165) is 12.8 Å². The number of non-ortho nitro benzene ring substituents is 1. The molecule has 1 rings (SSSR count). The number of amides is 1. The summed E-state index contributed by atoms with van der Waals surface area (Å²) in [5.41, 5.74) is 0.155. The SMILES string of the molecule is C#CCCCCNC(=O)c1ccc([N+](=O)[O-])cc1OC. The number of benzene rings is 1. The van der Waals surface area contributed by atoms with Gasteiger partial charge < -0.3 is 10.1 Å². The number of methoxy groups -OCH3 is 1. The molecule has 1 aromatic rings. The number of unbranched alkanes of at least 4 members (excludes halogenated alkanes) is 2. The number of nitrogens with zero attached hydrogens (tertiary/aromatic N) is 1. The standard InChI is InChI=1S/C14H16N2O4/c1-3-4-5-6-9-15-14(17)12-8-7-11(16(18)19)10-13(12)20-2/h1,7-8,10H,4-6,9H2,2H3,(H,15,17). The minimum Gasteiger partial charge on any atom is -0.496 e. The number of hydrogen-bond acceptors (Lipinski definition) is 4. The maximum Gasteiger partial charge on any atom is 0.273 e. The number of rotatable bonds is 7. The Labute approximate surface area is 117 Å². The minimum absolute atomic E-state index is 0.118. The highest BCUT2D eigenvalue weighted by Gasteiger charge is 2.16. The highest BCUT2D eigenvalue weighted by Crippen LogP contribution is 2.24. The Balaban J connectivity index is 2.68. The number of carbonyl (C=O) groups is 1. The summed E-state index contributed by atoms with van der Waals surface area (Å²) >= 11 is 0. The Morgan fingerprint density at radius 2 is 2.25 bits per heavy atom. The first-order chi connectivity index (χ1) is 9.60. The van der Waals surface area contributed by atoms with Gasteiger partial charge in [-0.05, 0) is 18.9 Å². The third kappa shape index (κ3) is 4.28. The van der Waals surface area contributed by atoms with Crippen LogP contribution in [0.1, 0.15) is 29.6 Å². The Morgan fingerprint density at radius 3 is 2.85 bits per heavy atom. The summed E-state index contributed by atoms with van der Waals surface area (Å²) in [7, 11) is 1.36. The summed E-state index contributed by atoms with van der Waals surface area (Å²) in [6.07, 6.45) is 7.43. The van der Waals surface area contributed by atoms with Gasteiger partial charge in [-0.3, -0.25) is 14.9 Å². The van der Waals surface area contributed by atoms with Crippen molar-refractivity contribution in [2.24, 2.45) is 0 Å². The molecule has 0 bridgehead atoms. The van der Waals surface area contributed by atoms with E-state index < -0.39 is 4.92 Å². The summed E-state index contributed by atoms with van der Waals surface area (Å²) in [4.78, 5) is 22.1. The van der Waals surface area contributed by atoms with E-state index in [0.29, 0.717) is 13.0 Å². The van der Waals surface area contributed by atoms with Crippen LogP contribution in [0.4, 0.5) is 5.69 Å². The molecule has 6 heteroatoms. The van der Waals surface area contributed by atoms with Crippen LogP contribution in [-0.2, 0) is 0 Å². The molecule has 0 aliphatic carbocycles. The summed E-state index contributed by atoms with van der Waals surface area (Å²) < 4.78 is 5.01. The molecule has 1 amide bonds. The van der Waals surface area contributed by atoms with Crippen molar-refractivity contribution in [3.05, 3.63) is 33.9 Å². The van der Waals surface area contributed by atoms with Crippen LogP contribution in [0.15, 0.2) is 18.2 Å². The Hall–Kier alpha value is -2.55. The number of hydrogen-bond donors (Lipinski definition) is 1. The highest BCUT2D eigenvalue weighted by molar-refractivity contribution is 5.97. The fourth-order valence-corrected chi connectivity index (χ4v) is 1.63. The Morgan fingerprint density at radius 1 is 1.50 bits per heavy atom. The molecule has 0 saturated heterocycles. The number of ether oxygens (including phenoxy) is 1. The Bertz CT molecular complexity index is 534. The zero-order valence-electron chi connectivity index (χ0n) is 11.2. The molecule has 0 unspecified atom stereocenters. The zero-order chi connectivity index (χ0) is 15.0. The second kappa shape index (κ2) is 7.79. The maximum atomic E-state index is 11.9. The maximum absolute atomic E-state index is 11.9. The van der Waals surface area contributed by atoms with E-state index in [-0.39, 0.29) is 22.9 Å². The van der Waals surface area contributed by atoms with Gasteiger partial charge in [-0.1, -0.05) is 0 Å². The molecule has 0 saturated carbocycles. The molecule has 1 N–H and O–H groups in total. The quantitative estimate of drug-likeness (QED) is 0.358. The molecule has 0 aliphatic heterocycles. The molecule has 0 atom stereocenters. The van der Waals surface area contributed by atoms with Crippen molar-refractivity contribution in [1.82, 2.24) is 5.32 Å². The van der Waals surface area contributed by atoms with Crippen molar-refractivity contribution in [3.8, 4) is 18.1 Å². The van der Waals surface area contributed by atoms with Crippen LogP contribution in [0, 0.1) is 22.5 Å². The van der Waals surface area contributed by atoms with Crippen molar-refractivity contribution in [2.75, 3.05) is 13.7 Å². The predicted molar refractivity (Wildman–Crippen MR) is 74.7 cm³/mol. The predicted octanol–water partition coefficient (Wildman–Crippen LogP) is 2.14. The number of terminal acetylenes is 1. The van der Waals surface area contributed by atoms with E-state index in [9.17, 15) is 14.9 Å². The van der Waals surface area contributed by atoms with E-state index in [1.165, 1.54) is 25.3 Å². The lowest BCUT2D eigenvalue weighted by Gasteiger charge is -2.08. The third-order valence-electron chi connectivity index (χ3n) is 2.67. The smallest absolute Gasteiger partial charge is 0.273 e. The summed E-state index contributed by atoms with van der Waals surface area (Å²) in [5, 5.41) is 13.4. The molecule has 0 heterocycles. The lowest BCUT2D eigenvalue weighted by atomic mass is 10.1. The van der Waals surface area contributed by atoms with Gasteiger partial charge in [0.15, 0.2) is 0 Å². The van der Waals surface area contributed by atoms with Gasteiger partial charge in [0.1, 0.15) is 5.75 Å². The molecule has 20 heavy (non-hydrogen) atoms. The van der Waals surface area contributed by atoms with Crippen LogP contribution in [-0.4, -0.2) is 24.5 Å². The molecule has 0 aromatic heterocycles. The second-order valence-electron chi connectivity index (χ2n) is 4.06. The number of nitro benzene ring substituents is 1. The number of nitrogens with one attached hydrogen (secondary N) is 1. The van der Waals surface area contributed by atoms with Crippen LogP contribution in [0.3, 0.4) is 0 Å². The van der Waals surface area contributed by atoms with Crippen LogP contribution in [0.5, 0.6) is 5.75 Å². The first-order valence-electron chi connectivity index (χ1n) is 6.14. The molecule has 1 aromatic carbocycles. The van der Waals surface area contributed by atoms with Gasteiger partial charge in [-0.2, -0.15) is 0 Å². The van der Waals surface area contributed by atoms with Gasteiger partial charge in [-0.15, -0.1) is 12.3 Å². The molecule has 106 valence electrons. The van der Waals surface area contributed by atoms with Crippen LogP contribution in [0.2, 0.25) is 0 Å². The van der Waals surface area contributed by atoms with Crippen molar-refractivity contribution in [1.29, 1.82) is 0 Å². The minimum atomic E-state index is -0.538. The fraction of sp³-hybridized carbons (Fsp3) is 0.357. The number of nitro groups is 1. The van der Waals surface area contributed by atoms with Gasteiger partial charge in [0.2, 0.25) is 0 Å². The molecule has 0 fully saturated rings. The van der Waals surface area contributed by atoms with Crippen molar-refractivity contribution < 1.29 is 14.5 Å². The molecule has 0 aliphatic rings. The molecule has 0 spiro atoms. The number of carbonyl (C=O) groups excluding carboxylic acids is 1. The first kappa shape index (κ1) is 15.5. The van der Waals surface area contributed by atoms with E-state index in [1.54, 1.807) is 0 Å². The second-order valence-corrected chi connectivity index (χ2v) is 4.06. The van der Waals surface area contributed by atoms with E-state index in [4.69, 9.17) is 11.2 Å². The van der Waals surface area contributed by atoms with Crippen molar-refractivity contribution in [2.45, 2.75) is 19.3 Å². The van der Waals surface area contributed by atoms with Crippen molar-refractivity contribution >= 4 is 11.6 Å². The van der Waals surface area contributed by atoms with Crippen LogP contribution >= 0.6 is 0 Å². The van der Waals surface area contributed by atoms with Gasteiger partial charge >= 0.3 is 0 Å². The van der Waals surface area contributed by atoms with Crippen LogP contribution < -0.4 is 10.1 Å². The lowest BCUT2D eigenvalue weighted by molar-refractivity contribution is -0.384. The highest BCUT2D eigenvalue weighted by atomic mass is 16.6. The fourth-order valence-electron chi connectivity index (χ4n) is 1.63. The molecular formula is C14H16N2O4. The molecule has 6 nitrogen and oxygen atoms in total. The normalized spacial score (nSPS) is 9.60. The van der Waals surface area contributed by atoms with Crippen molar-refractivity contribution in [3.63, 3.8) is 0 Å². The van der Waals surface area contributed by atoms with E-state index >= 15 is 0 Å². The van der Waals surface area contributed by atoms with Gasteiger partial charge in [0.05, 0.1) is 23.7 Å². The van der Waals surface area contributed by atoms with Gasteiger partial charge in [0, 0.05) is 19.0 Å². The molecular weight excluding hydrogens is 260 g/mol. The lowest BCUT2D eigenvalue weighted by Crippen LogP contribution is -2.24. The first-order valence-corrected chi connectivity index (χ1v) is 6.14.